The van der Waals surface area contributed by atoms with Crippen LogP contribution in [-0.2, 0) is 0 Å². The Morgan fingerprint density at radius 2 is 1.74 bits per heavy atom. The van der Waals surface area contributed by atoms with Gasteiger partial charge in [-0.15, -0.1) is 0 Å². The van der Waals surface area contributed by atoms with Crippen LogP contribution in [0.1, 0.15) is 23.1 Å². The van der Waals surface area contributed by atoms with Crippen molar-refractivity contribution in [2.75, 3.05) is 14.2 Å². The number of aryl methyl sites for hydroxylation is 1. The van der Waals surface area contributed by atoms with Gasteiger partial charge in [-0.2, -0.15) is 0 Å². The summed E-state index contributed by atoms with van der Waals surface area (Å²) in [6.07, 6.45) is 1.70. The fourth-order valence-corrected chi connectivity index (χ4v) is 1.83. The number of aromatic nitrogens is 2. The highest BCUT2D eigenvalue weighted by Gasteiger charge is 2.13. The van der Waals surface area contributed by atoms with E-state index in [0.29, 0.717) is 17.3 Å². The third-order valence-corrected chi connectivity index (χ3v) is 2.85. The summed E-state index contributed by atoms with van der Waals surface area (Å²) in [6, 6.07) is 7.03. The first-order valence-corrected chi connectivity index (χ1v) is 5.92. The second-order valence-electron chi connectivity index (χ2n) is 4.15. The second kappa shape index (κ2) is 5.67. The van der Waals surface area contributed by atoms with Crippen LogP contribution >= 0.6 is 0 Å². The molecule has 0 aliphatic heterocycles. The highest BCUT2D eigenvalue weighted by atomic mass is 16.5. The van der Waals surface area contributed by atoms with Gasteiger partial charge >= 0.3 is 0 Å². The van der Waals surface area contributed by atoms with Crippen molar-refractivity contribution in [1.82, 2.24) is 9.97 Å². The van der Waals surface area contributed by atoms with Gasteiger partial charge in [-0.05, 0) is 30.7 Å². The number of ether oxygens (including phenoxy) is 2. The van der Waals surface area contributed by atoms with Crippen LogP contribution in [0.2, 0.25) is 0 Å². The molecular formula is C14H17N3O2. The Morgan fingerprint density at radius 3 is 2.26 bits per heavy atom. The van der Waals surface area contributed by atoms with Gasteiger partial charge in [0.1, 0.15) is 17.3 Å². The van der Waals surface area contributed by atoms with E-state index in [1.807, 2.05) is 25.1 Å². The highest BCUT2D eigenvalue weighted by molar-refractivity contribution is 5.41. The number of hydrogen-bond acceptors (Lipinski definition) is 5. The quantitative estimate of drug-likeness (QED) is 0.907. The van der Waals surface area contributed by atoms with Crippen molar-refractivity contribution in [1.29, 1.82) is 0 Å². The van der Waals surface area contributed by atoms with Crippen LogP contribution < -0.4 is 15.2 Å². The normalized spacial score (nSPS) is 12.0. The highest BCUT2D eigenvalue weighted by Crippen LogP contribution is 2.27. The van der Waals surface area contributed by atoms with E-state index in [1.165, 1.54) is 0 Å². The zero-order valence-electron chi connectivity index (χ0n) is 11.3. The number of nitrogens with zero attached hydrogens (tertiary/aromatic N) is 2. The Balaban J connectivity index is 2.40. The third kappa shape index (κ3) is 3.00. The molecule has 0 fully saturated rings. The molecule has 19 heavy (non-hydrogen) atoms. The first-order valence-electron chi connectivity index (χ1n) is 5.92. The van der Waals surface area contributed by atoms with E-state index >= 15 is 0 Å². The SMILES string of the molecule is COc1cc(OC)cc(C(N)c2ccnc(C)n2)c1. The van der Waals surface area contributed by atoms with Crippen LogP contribution in [0.4, 0.5) is 0 Å². The van der Waals surface area contributed by atoms with Crippen LogP contribution in [-0.4, -0.2) is 24.2 Å². The van der Waals surface area contributed by atoms with Crippen molar-refractivity contribution in [2.45, 2.75) is 13.0 Å². The zero-order valence-corrected chi connectivity index (χ0v) is 11.3. The van der Waals surface area contributed by atoms with Gasteiger partial charge in [0.2, 0.25) is 0 Å². The summed E-state index contributed by atoms with van der Waals surface area (Å²) < 4.78 is 10.5. The van der Waals surface area contributed by atoms with E-state index in [4.69, 9.17) is 15.2 Å². The molecule has 0 radical (unpaired) electrons. The second-order valence-corrected chi connectivity index (χ2v) is 4.15. The predicted octanol–water partition coefficient (Wildman–Crippen LogP) is 1.85. The van der Waals surface area contributed by atoms with Gasteiger partial charge in [-0.1, -0.05) is 0 Å². The molecule has 5 nitrogen and oxygen atoms in total. The standard InChI is InChI=1S/C14H17N3O2/c1-9-16-5-4-13(17-9)14(15)10-6-11(18-2)8-12(7-10)19-3/h4-8,14H,15H2,1-3H3. The lowest BCUT2D eigenvalue weighted by atomic mass is 10.0. The van der Waals surface area contributed by atoms with Crippen molar-refractivity contribution in [3.05, 3.63) is 47.5 Å². The number of rotatable bonds is 4. The summed E-state index contributed by atoms with van der Waals surface area (Å²) in [7, 11) is 3.22. The number of benzene rings is 1. The Kier molecular flexibility index (Phi) is 3.97. The first kappa shape index (κ1) is 13.3. The minimum Gasteiger partial charge on any atom is -0.497 e. The number of hydrogen-bond donors (Lipinski definition) is 1. The van der Waals surface area contributed by atoms with E-state index in [0.717, 1.165) is 11.3 Å². The van der Waals surface area contributed by atoms with Crippen molar-refractivity contribution in [3.8, 4) is 11.5 Å². The molecular weight excluding hydrogens is 242 g/mol. The molecule has 100 valence electrons. The molecule has 0 amide bonds. The van der Waals surface area contributed by atoms with Gasteiger partial charge in [-0.3, -0.25) is 0 Å². The van der Waals surface area contributed by atoms with Crippen LogP contribution in [0.25, 0.3) is 0 Å². The van der Waals surface area contributed by atoms with Crippen molar-refractivity contribution in [2.24, 2.45) is 5.73 Å². The lowest BCUT2D eigenvalue weighted by Crippen LogP contribution is -2.14. The maximum atomic E-state index is 6.23. The van der Waals surface area contributed by atoms with E-state index in [2.05, 4.69) is 9.97 Å². The Hall–Kier alpha value is -2.14. The maximum Gasteiger partial charge on any atom is 0.125 e. The molecule has 5 heteroatoms. The average Bonchev–Trinajstić information content (AvgIpc) is 2.45. The minimum atomic E-state index is -0.342. The largest absolute Gasteiger partial charge is 0.497 e. The number of nitrogens with two attached hydrogens (primary N) is 1. The molecule has 0 saturated carbocycles. The Labute approximate surface area is 112 Å². The van der Waals surface area contributed by atoms with Crippen LogP contribution in [0.5, 0.6) is 11.5 Å². The van der Waals surface area contributed by atoms with E-state index in [-0.39, 0.29) is 6.04 Å². The lowest BCUT2D eigenvalue weighted by molar-refractivity contribution is 0.393. The monoisotopic (exact) mass is 259 g/mol. The fourth-order valence-electron chi connectivity index (χ4n) is 1.83. The summed E-state index contributed by atoms with van der Waals surface area (Å²) in [5.41, 5.74) is 7.88. The maximum absolute atomic E-state index is 6.23. The Bertz CT molecular complexity index is 550. The lowest BCUT2D eigenvalue weighted by Gasteiger charge is -2.14. The fraction of sp³-hybridized carbons (Fsp3) is 0.286. The molecule has 0 spiro atoms. The van der Waals surface area contributed by atoms with Crippen molar-refractivity contribution in [3.63, 3.8) is 0 Å². The van der Waals surface area contributed by atoms with Gasteiger partial charge in [-0.25, -0.2) is 9.97 Å². The van der Waals surface area contributed by atoms with Gasteiger partial charge < -0.3 is 15.2 Å². The molecule has 2 aromatic rings. The molecule has 1 heterocycles. The van der Waals surface area contributed by atoms with Gasteiger partial charge in [0.05, 0.1) is 26.0 Å². The molecule has 1 aromatic heterocycles. The molecule has 0 bridgehead atoms. The summed E-state index contributed by atoms with van der Waals surface area (Å²) >= 11 is 0. The van der Waals surface area contributed by atoms with E-state index in [9.17, 15) is 0 Å². The molecule has 0 aliphatic rings. The average molecular weight is 259 g/mol. The van der Waals surface area contributed by atoms with Crippen molar-refractivity contribution < 1.29 is 9.47 Å². The van der Waals surface area contributed by atoms with Crippen LogP contribution in [0.15, 0.2) is 30.5 Å². The van der Waals surface area contributed by atoms with Gasteiger partial charge in [0.25, 0.3) is 0 Å². The van der Waals surface area contributed by atoms with Gasteiger partial charge in [0, 0.05) is 12.3 Å². The van der Waals surface area contributed by atoms with Crippen molar-refractivity contribution >= 4 is 0 Å². The predicted molar refractivity (Wildman–Crippen MR) is 72.3 cm³/mol. The number of methoxy groups -OCH3 is 2. The molecule has 2 N–H and O–H groups in total. The molecule has 1 atom stereocenters. The summed E-state index contributed by atoms with van der Waals surface area (Å²) in [5, 5.41) is 0. The molecule has 1 unspecified atom stereocenters. The van der Waals surface area contributed by atoms with Gasteiger partial charge in [0.15, 0.2) is 0 Å². The first-order chi connectivity index (χ1) is 9.13. The minimum absolute atomic E-state index is 0.342. The third-order valence-electron chi connectivity index (χ3n) is 2.85. The summed E-state index contributed by atoms with van der Waals surface area (Å²) in [4.78, 5) is 8.41. The van der Waals surface area contributed by atoms with E-state index in [1.54, 1.807) is 26.5 Å². The molecule has 1 aromatic carbocycles. The topological polar surface area (TPSA) is 70.3 Å². The zero-order chi connectivity index (χ0) is 13.8. The Morgan fingerprint density at radius 1 is 1.11 bits per heavy atom. The smallest absolute Gasteiger partial charge is 0.125 e. The van der Waals surface area contributed by atoms with E-state index < -0.39 is 0 Å². The van der Waals surface area contributed by atoms with Crippen LogP contribution in [0, 0.1) is 6.92 Å². The summed E-state index contributed by atoms with van der Waals surface area (Å²) in [6.45, 7) is 1.84. The summed E-state index contributed by atoms with van der Waals surface area (Å²) in [5.74, 6) is 2.11. The molecule has 2 rings (SSSR count). The molecule has 0 saturated heterocycles. The van der Waals surface area contributed by atoms with Crippen LogP contribution in [0.3, 0.4) is 0 Å². The molecule has 0 aliphatic carbocycles.